The quantitative estimate of drug-likeness (QED) is 0.790. The third-order valence-corrected chi connectivity index (χ3v) is 4.53. The first-order valence-electron chi connectivity index (χ1n) is 6.76. The van der Waals surface area contributed by atoms with Gasteiger partial charge in [0.15, 0.2) is 0 Å². The van der Waals surface area contributed by atoms with Crippen molar-refractivity contribution in [1.29, 1.82) is 0 Å². The van der Waals surface area contributed by atoms with Crippen molar-refractivity contribution in [3.05, 3.63) is 52.4 Å². The molecule has 0 aliphatic rings. The van der Waals surface area contributed by atoms with Crippen molar-refractivity contribution in [2.24, 2.45) is 0 Å². The van der Waals surface area contributed by atoms with Crippen LogP contribution in [0.5, 0.6) is 0 Å². The van der Waals surface area contributed by atoms with Crippen molar-refractivity contribution in [1.82, 2.24) is 0 Å². The molecular formula is C16H15F3N2O2S. The van der Waals surface area contributed by atoms with Crippen LogP contribution in [0.4, 0.5) is 23.9 Å². The van der Waals surface area contributed by atoms with E-state index in [1.807, 2.05) is 0 Å². The minimum Gasteiger partial charge on any atom is -0.465 e. The fourth-order valence-electron chi connectivity index (χ4n) is 2.15. The monoisotopic (exact) mass is 356 g/mol. The maximum absolute atomic E-state index is 12.6. The van der Waals surface area contributed by atoms with E-state index < -0.39 is 17.7 Å². The number of hydrogen-bond acceptors (Lipinski definition) is 5. The Morgan fingerprint density at radius 2 is 1.88 bits per heavy atom. The van der Waals surface area contributed by atoms with Gasteiger partial charge in [0.1, 0.15) is 5.00 Å². The summed E-state index contributed by atoms with van der Waals surface area (Å²) in [6.45, 7) is 5.56. The van der Waals surface area contributed by atoms with E-state index in [1.165, 1.54) is 19.2 Å². The summed E-state index contributed by atoms with van der Waals surface area (Å²) in [7, 11) is 1.26. The third-order valence-electron chi connectivity index (χ3n) is 3.35. The molecule has 0 amide bonds. The lowest BCUT2D eigenvalue weighted by atomic mass is 10.1. The number of hydrogen-bond donors (Lipinski definition) is 2. The lowest BCUT2D eigenvalue weighted by Gasteiger charge is -2.11. The minimum atomic E-state index is -4.39. The molecular weight excluding hydrogens is 341 g/mol. The van der Waals surface area contributed by atoms with Crippen molar-refractivity contribution in [2.45, 2.75) is 13.1 Å². The van der Waals surface area contributed by atoms with Gasteiger partial charge in [-0.15, -0.1) is 11.3 Å². The zero-order chi connectivity index (χ0) is 18.1. The summed E-state index contributed by atoms with van der Waals surface area (Å²) >= 11 is 1.15. The molecule has 1 aromatic heterocycles. The average Bonchev–Trinajstić information content (AvgIpc) is 2.81. The van der Waals surface area contributed by atoms with Crippen LogP contribution < -0.4 is 11.1 Å². The van der Waals surface area contributed by atoms with Gasteiger partial charge in [-0.3, -0.25) is 0 Å². The topological polar surface area (TPSA) is 64.3 Å². The Morgan fingerprint density at radius 3 is 2.38 bits per heavy atom. The van der Waals surface area contributed by atoms with E-state index in [0.29, 0.717) is 26.8 Å². The number of anilines is 2. The standard InChI is InChI=1S/C16H15F3N2O2S/c1-8-12(15(22)23-3)14(20)24-13(8)9(2)21-11-6-4-10(5-7-11)16(17,18)19/h4-7,21H,2,20H2,1,3H3. The van der Waals surface area contributed by atoms with Crippen LogP contribution in [0.2, 0.25) is 0 Å². The molecule has 0 saturated heterocycles. The van der Waals surface area contributed by atoms with Crippen LogP contribution >= 0.6 is 11.3 Å². The SMILES string of the molecule is C=C(Nc1ccc(C(F)(F)F)cc1)c1sc(N)c(C(=O)OC)c1C. The van der Waals surface area contributed by atoms with Gasteiger partial charge >= 0.3 is 12.1 Å². The predicted molar refractivity (Wildman–Crippen MR) is 88.9 cm³/mol. The van der Waals surface area contributed by atoms with E-state index in [4.69, 9.17) is 5.73 Å². The summed E-state index contributed by atoms with van der Waals surface area (Å²) in [5, 5.41) is 3.21. The number of nitrogens with two attached hydrogens (primary N) is 1. The summed E-state index contributed by atoms with van der Waals surface area (Å²) in [4.78, 5) is 12.4. The maximum atomic E-state index is 12.6. The van der Waals surface area contributed by atoms with E-state index in [9.17, 15) is 18.0 Å². The molecule has 0 aliphatic carbocycles. The molecule has 4 nitrogen and oxygen atoms in total. The number of halogens is 3. The van der Waals surface area contributed by atoms with Gasteiger partial charge < -0.3 is 15.8 Å². The van der Waals surface area contributed by atoms with Gasteiger partial charge in [-0.25, -0.2) is 4.79 Å². The molecule has 0 spiro atoms. The van der Waals surface area contributed by atoms with Crippen molar-refractivity contribution < 1.29 is 22.7 Å². The van der Waals surface area contributed by atoms with Gasteiger partial charge in [0, 0.05) is 11.4 Å². The largest absolute Gasteiger partial charge is 0.465 e. The Kier molecular flexibility index (Phi) is 4.88. The number of carbonyl (C=O) groups excluding carboxylic acids is 1. The summed E-state index contributed by atoms with van der Waals surface area (Å²) < 4.78 is 42.4. The molecule has 0 radical (unpaired) electrons. The van der Waals surface area contributed by atoms with Crippen LogP contribution in [0.1, 0.15) is 26.4 Å². The molecule has 0 unspecified atom stereocenters. The number of carbonyl (C=O) groups is 1. The van der Waals surface area contributed by atoms with Gasteiger partial charge in [-0.05, 0) is 36.8 Å². The fourth-order valence-corrected chi connectivity index (χ4v) is 3.14. The van der Waals surface area contributed by atoms with Crippen LogP contribution in [0.25, 0.3) is 5.70 Å². The molecule has 128 valence electrons. The Bertz CT molecular complexity index is 780. The van der Waals surface area contributed by atoms with Crippen LogP contribution in [0, 0.1) is 6.92 Å². The lowest BCUT2D eigenvalue weighted by molar-refractivity contribution is -0.137. The summed E-state index contributed by atoms with van der Waals surface area (Å²) in [5.74, 6) is -0.546. The first-order valence-corrected chi connectivity index (χ1v) is 7.57. The minimum absolute atomic E-state index is 0.271. The molecule has 1 heterocycles. The summed E-state index contributed by atoms with van der Waals surface area (Å²) in [6.07, 6.45) is -4.39. The van der Waals surface area contributed by atoms with E-state index in [-0.39, 0.29) is 5.56 Å². The second-order valence-corrected chi connectivity index (χ2v) is 6.02. The molecule has 3 N–H and O–H groups in total. The number of rotatable bonds is 4. The predicted octanol–water partition coefficient (Wildman–Crippen LogP) is 4.53. The molecule has 1 aromatic carbocycles. The van der Waals surface area contributed by atoms with E-state index in [2.05, 4.69) is 16.6 Å². The maximum Gasteiger partial charge on any atom is 0.416 e. The van der Waals surface area contributed by atoms with Gasteiger partial charge in [0.05, 0.1) is 23.1 Å². The molecule has 2 aromatic rings. The number of nitrogens with one attached hydrogen (secondary N) is 1. The summed E-state index contributed by atoms with van der Waals surface area (Å²) in [6, 6.07) is 4.57. The average molecular weight is 356 g/mol. The number of esters is 1. The smallest absolute Gasteiger partial charge is 0.416 e. The number of thiophene rings is 1. The van der Waals surface area contributed by atoms with Crippen molar-refractivity contribution in [3.8, 4) is 0 Å². The summed E-state index contributed by atoms with van der Waals surface area (Å²) in [5.41, 5.74) is 6.86. The number of ether oxygens (including phenoxy) is 1. The lowest BCUT2D eigenvalue weighted by Crippen LogP contribution is -2.06. The Morgan fingerprint density at radius 1 is 1.29 bits per heavy atom. The molecule has 2 rings (SSSR count). The molecule has 0 saturated carbocycles. The highest BCUT2D eigenvalue weighted by atomic mass is 32.1. The van der Waals surface area contributed by atoms with Crippen molar-refractivity contribution in [3.63, 3.8) is 0 Å². The highest BCUT2D eigenvalue weighted by Gasteiger charge is 2.30. The van der Waals surface area contributed by atoms with Gasteiger partial charge in [0.2, 0.25) is 0 Å². The van der Waals surface area contributed by atoms with Crippen LogP contribution in [-0.2, 0) is 10.9 Å². The Labute approximate surface area is 140 Å². The van der Waals surface area contributed by atoms with Crippen LogP contribution in [0.15, 0.2) is 30.8 Å². The van der Waals surface area contributed by atoms with Crippen molar-refractivity contribution >= 4 is 33.7 Å². The second kappa shape index (κ2) is 6.56. The normalized spacial score (nSPS) is 11.2. The fraction of sp³-hybridized carbons (Fsp3) is 0.188. The Balaban J connectivity index is 2.23. The van der Waals surface area contributed by atoms with Crippen molar-refractivity contribution in [2.75, 3.05) is 18.2 Å². The van der Waals surface area contributed by atoms with Gasteiger partial charge in [0.25, 0.3) is 0 Å². The first-order chi connectivity index (χ1) is 11.1. The van der Waals surface area contributed by atoms with Crippen LogP contribution in [-0.4, -0.2) is 13.1 Å². The molecule has 0 fully saturated rings. The molecule has 0 bridgehead atoms. The zero-order valence-electron chi connectivity index (χ0n) is 13.0. The third kappa shape index (κ3) is 3.53. The number of methoxy groups -OCH3 is 1. The first kappa shape index (κ1) is 17.9. The highest BCUT2D eigenvalue weighted by Crippen LogP contribution is 2.36. The van der Waals surface area contributed by atoms with E-state index >= 15 is 0 Å². The molecule has 8 heteroatoms. The van der Waals surface area contributed by atoms with Gasteiger partial charge in [-0.2, -0.15) is 13.2 Å². The highest BCUT2D eigenvalue weighted by molar-refractivity contribution is 7.17. The Hall–Kier alpha value is -2.48. The number of benzene rings is 1. The van der Waals surface area contributed by atoms with E-state index in [0.717, 1.165) is 23.5 Å². The van der Waals surface area contributed by atoms with E-state index in [1.54, 1.807) is 6.92 Å². The molecule has 0 aliphatic heterocycles. The second-order valence-electron chi connectivity index (χ2n) is 4.97. The number of alkyl halides is 3. The molecule has 24 heavy (non-hydrogen) atoms. The van der Waals surface area contributed by atoms with Gasteiger partial charge in [-0.1, -0.05) is 6.58 Å². The zero-order valence-corrected chi connectivity index (χ0v) is 13.8. The molecule has 0 atom stereocenters. The number of nitrogen functional groups attached to an aromatic ring is 1. The van der Waals surface area contributed by atoms with Crippen LogP contribution in [0.3, 0.4) is 0 Å².